The van der Waals surface area contributed by atoms with Gasteiger partial charge in [-0.3, -0.25) is 0 Å². The first-order chi connectivity index (χ1) is 10.2. The van der Waals surface area contributed by atoms with Gasteiger partial charge in [-0.1, -0.05) is 6.07 Å². The molecule has 0 aliphatic heterocycles. The third-order valence-corrected chi connectivity index (χ3v) is 3.03. The lowest BCUT2D eigenvalue weighted by molar-refractivity contribution is -0.137. The molecular formula is C15H10F4O3. The van der Waals surface area contributed by atoms with Crippen LogP contribution in [0.1, 0.15) is 15.9 Å². The molecule has 0 spiro atoms. The van der Waals surface area contributed by atoms with Gasteiger partial charge in [0.05, 0.1) is 18.2 Å². The van der Waals surface area contributed by atoms with Crippen LogP contribution in [0.2, 0.25) is 0 Å². The first kappa shape index (κ1) is 15.8. The molecular weight excluding hydrogens is 304 g/mol. The summed E-state index contributed by atoms with van der Waals surface area (Å²) in [6, 6.07) is 5.69. The molecule has 2 aromatic rings. The number of hydrogen-bond donors (Lipinski definition) is 1. The fourth-order valence-electron chi connectivity index (χ4n) is 2.02. The second-order valence-electron chi connectivity index (χ2n) is 4.41. The van der Waals surface area contributed by atoms with Crippen LogP contribution < -0.4 is 4.74 Å². The summed E-state index contributed by atoms with van der Waals surface area (Å²) in [7, 11) is 1.25. The largest absolute Gasteiger partial charge is 0.496 e. The highest BCUT2D eigenvalue weighted by atomic mass is 19.4. The summed E-state index contributed by atoms with van der Waals surface area (Å²) in [5.74, 6) is -2.10. The summed E-state index contributed by atoms with van der Waals surface area (Å²) >= 11 is 0. The third kappa shape index (κ3) is 3.03. The predicted octanol–water partition coefficient (Wildman–Crippen LogP) is 4.22. The number of methoxy groups -OCH3 is 1. The number of aromatic carboxylic acids is 1. The molecule has 0 saturated heterocycles. The minimum atomic E-state index is -4.66. The number of alkyl halides is 3. The van der Waals surface area contributed by atoms with Crippen molar-refractivity contribution in [1.29, 1.82) is 0 Å². The molecule has 0 bridgehead atoms. The van der Waals surface area contributed by atoms with E-state index < -0.39 is 29.1 Å². The number of hydrogen-bond acceptors (Lipinski definition) is 2. The van der Waals surface area contributed by atoms with Crippen LogP contribution in [-0.2, 0) is 6.18 Å². The van der Waals surface area contributed by atoms with E-state index in [1.54, 1.807) is 0 Å². The number of carboxylic acids is 1. The second-order valence-corrected chi connectivity index (χ2v) is 4.41. The van der Waals surface area contributed by atoms with Crippen molar-refractivity contribution < 1.29 is 32.2 Å². The molecule has 2 aromatic carbocycles. The predicted molar refractivity (Wildman–Crippen MR) is 70.3 cm³/mol. The van der Waals surface area contributed by atoms with Gasteiger partial charge in [-0.15, -0.1) is 0 Å². The lowest BCUT2D eigenvalue weighted by Gasteiger charge is -2.14. The van der Waals surface area contributed by atoms with Crippen LogP contribution in [0, 0.1) is 5.82 Å². The van der Waals surface area contributed by atoms with Crippen molar-refractivity contribution >= 4 is 5.97 Å². The maximum absolute atomic E-state index is 13.2. The number of benzene rings is 2. The summed E-state index contributed by atoms with van der Waals surface area (Å²) in [5, 5.41) is 9.15. The SMILES string of the molecule is COc1cc(F)ccc1-c1ccc(C(F)(F)F)cc1C(=O)O. The van der Waals surface area contributed by atoms with Gasteiger partial charge in [-0.2, -0.15) is 13.2 Å². The maximum atomic E-state index is 13.2. The highest BCUT2D eigenvalue weighted by molar-refractivity contribution is 5.97. The topological polar surface area (TPSA) is 46.5 Å². The van der Waals surface area contributed by atoms with Crippen molar-refractivity contribution in [3.8, 4) is 16.9 Å². The molecule has 2 rings (SSSR count). The molecule has 0 saturated carbocycles. The number of ether oxygens (including phenoxy) is 1. The minimum absolute atomic E-state index is 0.0114. The molecule has 0 fully saturated rings. The summed E-state index contributed by atoms with van der Waals surface area (Å²) < 4.78 is 56.2. The van der Waals surface area contributed by atoms with Gasteiger partial charge in [-0.05, 0) is 29.8 Å². The van der Waals surface area contributed by atoms with Crippen LogP contribution in [0.3, 0.4) is 0 Å². The number of carboxylic acid groups (broad SMARTS) is 1. The van der Waals surface area contributed by atoms with Crippen molar-refractivity contribution in [1.82, 2.24) is 0 Å². The zero-order chi connectivity index (χ0) is 16.5. The molecule has 7 heteroatoms. The summed E-state index contributed by atoms with van der Waals surface area (Å²) in [6.07, 6.45) is -4.66. The Hall–Kier alpha value is -2.57. The number of halogens is 4. The van der Waals surface area contributed by atoms with E-state index in [0.29, 0.717) is 6.07 Å². The van der Waals surface area contributed by atoms with Crippen molar-refractivity contribution in [2.45, 2.75) is 6.18 Å². The lowest BCUT2D eigenvalue weighted by Crippen LogP contribution is -2.08. The van der Waals surface area contributed by atoms with Crippen molar-refractivity contribution in [3.05, 3.63) is 53.3 Å². The van der Waals surface area contributed by atoms with Crippen LogP contribution in [0.25, 0.3) is 11.1 Å². The third-order valence-electron chi connectivity index (χ3n) is 3.03. The smallest absolute Gasteiger partial charge is 0.416 e. The molecule has 1 N–H and O–H groups in total. The van der Waals surface area contributed by atoms with Gasteiger partial charge in [0.1, 0.15) is 11.6 Å². The van der Waals surface area contributed by atoms with E-state index in [1.165, 1.54) is 13.2 Å². The molecule has 0 unspecified atom stereocenters. The molecule has 0 amide bonds. The summed E-state index contributed by atoms with van der Waals surface area (Å²) in [6.45, 7) is 0. The molecule has 0 heterocycles. The summed E-state index contributed by atoms with van der Waals surface area (Å²) in [4.78, 5) is 11.3. The standard InChI is InChI=1S/C15H10F4O3/c1-22-13-7-9(16)3-5-11(13)10-4-2-8(15(17,18)19)6-12(10)14(20)21/h2-7H,1H3,(H,20,21). The van der Waals surface area contributed by atoms with E-state index in [0.717, 1.165) is 24.3 Å². The van der Waals surface area contributed by atoms with Gasteiger partial charge in [-0.25, -0.2) is 9.18 Å². The Morgan fingerprint density at radius 1 is 1.09 bits per heavy atom. The molecule has 0 aliphatic rings. The van der Waals surface area contributed by atoms with Gasteiger partial charge >= 0.3 is 12.1 Å². The number of rotatable bonds is 3. The van der Waals surface area contributed by atoms with E-state index in [-0.39, 0.29) is 16.9 Å². The zero-order valence-electron chi connectivity index (χ0n) is 11.2. The van der Waals surface area contributed by atoms with E-state index >= 15 is 0 Å². The first-order valence-electron chi connectivity index (χ1n) is 6.02. The Bertz CT molecular complexity index is 723. The molecule has 116 valence electrons. The van der Waals surface area contributed by atoms with Gasteiger partial charge in [0.15, 0.2) is 0 Å². The van der Waals surface area contributed by atoms with E-state index in [1.807, 2.05) is 0 Å². The molecule has 0 atom stereocenters. The zero-order valence-corrected chi connectivity index (χ0v) is 11.2. The Morgan fingerprint density at radius 2 is 1.73 bits per heavy atom. The molecule has 3 nitrogen and oxygen atoms in total. The van der Waals surface area contributed by atoms with Crippen molar-refractivity contribution in [3.63, 3.8) is 0 Å². The minimum Gasteiger partial charge on any atom is -0.496 e. The van der Waals surface area contributed by atoms with Gasteiger partial charge in [0, 0.05) is 11.6 Å². The Balaban J connectivity index is 2.68. The maximum Gasteiger partial charge on any atom is 0.416 e. The van der Waals surface area contributed by atoms with E-state index in [2.05, 4.69) is 0 Å². The Labute approximate surface area is 122 Å². The van der Waals surface area contributed by atoms with Crippen LogP contribution >= 0.6 is 0 Å². The fourth-order valence-corrected chi connectivity index (χ4v) is 2.02. The molecule has 0 aliphatic carbocycles. The van der Waals surface area contributed by atoms with Crippen LogP contribution in [-0.4, -0.2) is 18.2 Å². The van der Waals surface area contributed by atoms with Crippen LogP contribution in [0.4, 0.5) is 17.6 Å². The second kappa shape index (κ2) is 5.67. The Morgan fingerprint density at radius 3 is 2.27 bits per heavy atom. The average Bonchev–Trinajstić information content (AvgIpc) is 2.45. The summed E-state index contributed by atoms with van der Waals surface area (Å²) in [5.41, 5.74) is -1.41. The normalized spacial score (nSPS) is 11.3. The van der Waals surface area contributed by atoms with Gasteiger partial charge in [0.2, 0.25) is 0 Å². The highest BCUT2D eigenvalue weighted by Crippen LogP contribution is 2.37. The van der Waals surface area contributed by atoms with E-state index in [4.69, 9.17) is 9.84 Å². The molecule has 22 heavy (non-hydrogen) atoms. The molecule has 0 aromatic heterocycles. The van der Waals surface area contributed by atoms with Crippen LogP contribution in [0.5, 0.6) is 5.75 Å². The quantitative estimate of drug-likeness (QED) is 0.863. The van der Waals surface area contributed by atoms with E-state index in [9.17, 15) is 22.4 Å². The van der Waals surface area contributed by atoms with Crippen molar-refractivity contribution in [2.75, 3.05) is 7.11 Å². The number of carbonyl (C=O) groups is 1. The lowest BCUT2D eigenvalue weighted by atomic mass is 9.96. The average molecular weight is 314 g/mol. The highest BCUT2D eigenvalue weighted by Gasteiger charge is 2.32. The monoisotopic (exact) mass is 314 g/mol. The Kier molecular flexibility index (Phi) is 4.07. The van der Waals surface area contributed by atoms with Gasteiger partial charge in [0.25, 0.3) is 0 Å². The fraction of sp³-hybridized carbons (Fsp3) is 0.133. The molecule has 0 radical (unpaired) electrons. The van der Waals surface area contributed by atoms with Crippen LogP contribution in [0.15, 0.2) is 36.4 Å². The van der Waals surface area contributed by atoms with Crippen molar-refractivity contribution in [2.24, 2.45) is 0 Å². The first-order valence-corrected chi connectivity index (χ1v) is 6.02. The van der Waals surface area contributed by atoms with Gasteiger partial charge < -0.3 is 9.84 Å².